The Morgan fingerprint density at radius 3 is 2.60 bits per heavy atom. The molecule has 5 N–H and O–H groups in total. The van der Waals surface area contributed by atoms with Crippen LogP contribution in [0, 0.1) is 5.92 Å². The molecule has 15 heavy (non-hydrogen) atoms. The Morgan fingerprint density at radius 2 is 2.00 bits per heavy atom. The normalized spacial score (nSPS) is 25.4. The summed E-state index contributed by atoms with van der Waals surface area (Å²) in [7, 11) is 0. The number of hydrogen-bond acceptors (Lipinski definition) is 3. The van der Waals surface area contributed by atoms with Gasteiger partial charge in [0.1, 0.15) is 0 Å². The Kier molecular flexibility index (Phi) is 2.71. The minimum atomic E-state index is 0.591. The minimum Gasteiger partial charge on any atom is -0.397 e. The number of nitrogens with two attached hydrogens (primary N) is 2. The van der Waals surface area contributed by atoms with Gasteiger partial charge in [-0.15, -0.1) is 0 Å². The molecule has 1 aromatic carbocycles. The Bertz CT molecular complexity index is 349. The summed E-state index contributed by atoms with van der Waals surface area (Å²) in [6.07, 6.45) is 3.90. The number of benzene rings is 1. The lowest BCUT2D eigenvalue weighted by Gasteiger charge is -2.19. The van der Waals surface area contributed by atoms with Crippen LogP contribution < -0.4 is 16.8 Å². The molecule has 0 amide bonds. The van der Waals surface area contributed by atoms with Crippen LogP contribution in [0.5, 0.6) is 0 Å². The highest BCUT2D eigenvalue weighted by Crippen LogP contribution is 2.29. The quantitative estimate of drug-likeness (QED) is 0.650. The number of hydrogen-bond donors (Lipinski definition) is 3. The molecule has 82 valence electrons. The smallest absolute Gasteiger partial charge is 0.0568 e. The average Bonchev–Trinajstić information content (AvgIpc) is 2.59. The Morgan fingerprint density at radius 1 is 1.20 bits per heavy atom. The maximum atomic E-state index is 5.76. The van der Waals surface area contributed by atoms with E-state index in [1.807, 2.05) is 18.2 Å². The zero-order valence-electron chi connectivity index (χ0n) is 9.16. The van der Waals surface area contributed by atoms with E-state index in [1.54, 1.807) is 0 Å². The summed E-state index contributed by atoms with van der Waals surface area (Å²) in [5.74, 6) is 0.753. The third-order valence-corrected chi connectivity index (χ3v) is 3.30. The summed E-state index contributed by atoms with van der Waals surface area (Å²) in [4.78, 5) is 0. The van der Waals surface area contributed by atoms with E-state index < -0.39 is 0 Å². The van der Waals surface area contributed by atoms with Gasteiger partial charge < -0.3 is 16.8 Å². The van der Waals surface area contributed by atoms with E-state index in [2.05, 4.69) is 12.2 Å². The fourth-order valence-electron chi connectivity index (χ4n) is 2.24. The number of nitrogen functional groups attached to an aromatic ring is 2. The highest BCUT2D eigenvalue weighted by molar-refractivity contribution is 5.69. The van der Waals surface area contributed by atoms with E-state index in [9.17, 15) is 0 Å². The fraction of sp³-hybridized carbons (Fsp3) is 0.500. The highest BCUT2D eigenvalue weighted by atomic mass is 14.9. The molecule has 2 unspecified atom stereocenters. The molecule has 3 nitrogen and oxygen atoms in total. The lowest BCUT2D eigenvalue weighted by Crippen LogP contribution is -2.21. The van der Waals surface area contributed by atoms with Crippen molar-refractivity contribution in [2.24, 2.45) is 5.92 Å². The first-order valence-electron chi connectivity index (χ1n) is 5.58. The SMILES string of the molecule is CC1CCCC1Nc1ccc(N)c(N)c1. The van der Waals surface area contributed by atoms with Crippen LogP contribution in [0.4, 0.5) is 17.1 Å². The molecule has 0 heterocycles. The summed E-state index contributed by atoms with van der Waals surface area (Å²) in [6.45, 7) is 2.30. The van der Waals surface area contributed by atoms with Gasteiger partial charge in [0.2, 0.25) is 0 Å². The van der Waals surface area contributed by atoms with E-state index in [1.165, 1.54) is 19.3 Å². The zero-order valence-corrected chi connectivity index (χ0v) is 9.16. The second kappa shape index (κ2) is 4.01. The molecule has 0 saturated heterocycles. The van der Waals surface area contributed by atoms with Crippen LogP contribution in [0.15, 0.2) is 18.2 Å². The third-order valence-electron chi connectivity index (χ3n) is 3.30. The maximum Gasteiger partial charge on any atom is 0.0568 e. The molecular weight excluding hydrogens is 186 g/mol. The summed E-state index contributed by atoms with van der Waals surface area (Å²) in [6, 6.07) is 6.36. The van der Waals surface area contributed by atoms with Crippen LogP contribution in [0.3, 0.4) is 0 Å². The van der Waals surface area contributed by atoms with Gasteiger partial charge in [-0.2, -0.15) is 0 Å². The lowest BCUT2D eigenvalue weighted by molar-refractivity contribution is 0.556. The molecule has 2 atom stereocenters. The second-order valence-electron chi connectivity index (χ2n) is 4.50. The molecule has 1 aliphatic rings. The van der Waals surface area contributed by atoms with E-state index in [4.69, 9.17) is 11.5 Å². The first kappa shape index (κ1) is 10.1. The Labute approximate surface area is 90.8 Å². The average molecular weight is 205 g/mol. The highest BCUT2D eigenvalue weighted by Gasteiger charge is 2.22. The van der Waals surface area contributed by atoms with Crippen molar-refractivity contribution in [1.29, 1.82) is 0 Å². The van der Waals surface area contributed by atoms with Gasteiger partial charge in [0.25, 0.3) is 0 Å². The topological polar surface area (TPSA) is 64.1 Å². The molecule has 0 aromatic heterocycles. The van der Waals surface area contributed by atoms with Crippen molar-refractivity contribution in [2.45, 2.75) is 32.2 Å². The third kappa shape index (κ3) is 2.17. The van der Waals surface area contributed by atoms with Gasteiger partial charge in [0.15, 0.2) is 0 Å². The number of rotatable bonds is 2. The largest absolute Gasteiger partial charge is 0.397 e. The van der Waals surface area contributed by atoms with Gasteiger partial charge in [-0.05, 0) is 37.0 Å². The van der Waals surface area contributed by atoms with Gasteiger partial charge in [0, 0.05) is 11.7 Å². The van der Waals surface area contributed by atoms with Gasteiger partial charge >= 0.3 is 0 Å². The number of anilines is 3. The Hall–Kier alpha value is -1.38. The molecule has 3 heteroatoms. The predicted octanol–water partition coefficient (Wildman–Crippen LogP) is 2.45. The summed E-state index contributed by atoms with van der Waals surface area (Å²) >= 11 is 0. The van der Waals surface area contributed by atoms with Crippen molar-refractivity contribution >= 4 is 17.1 Å². The van der Waals surface area contributed by atoms with Crippen molar-refractivity contribution in [3.05, 3.63) is 18.2 Å². The molecule has 1 aromatic rings. The van der Waals surface area contributed by atoms with Crippen LogP contribution in [0.1, 0.15) is 26.2 Å². The first-order valence-corrected chi connectivity index (χ1v) is 5.58. The molecule has 0 bridgehead atoms. The van der Waals surface area contributed by atoms with E-state index in [0.717, 1.165) is 11.6 Å². The van der Waals surface area contributed by atoms with Crippen LogP contribution >= 0.6 is 0 Å². The van der Waals surface area contributed by atoms with Crippen LogP contribution in [0.25, 0.3) is 0 Å². The lowest BCUT2D eigenvalue weighted by atomic mass is 10.1. The summed E-state index contributed by atoms with van der Waals surface area (Å²) in [5.41, 5.74) is 13.8. The molecule has 2 rings (SSSR count). The van der Waals surface area contributed by atoms with Gasteiger partial charge in [-0.1, -0.05) is 13.3 Å². The number of nitrogens with one attached hydrogen (secondary N) is 1. The fourth-order valence-corrected chi connectivity index (χ4v) is 2.24. The van der Waals surface area contributed by atoms with Crippen molar-refractivity contribution in [3.63, 3.8) is 0 Å². The maximum absolute atomic E-state index is 5.76. The first-order chi connectivity index (χ1) is 7.16. The second-order valence-corrected chi connectivity index (χ2v) is 4.50. The van der Waals surface area contributed by atoms with Gasteiger partial charge in [-0.3, -0.25) is 0 Å². The van der Waals surface area contributed by atoms with Crippen molar-refractivity contribution in [1.82, 2.24) is 0 Å². The molecule has 1 aliphatic carbocycles. The molecule has 1 fully saturated rings. The molecule has 0 aliphatic heterocycles. The van der Waals surface area contributed by atoms with Crippen LogP contribution in [0.2, 0.25) is 0 Å². The molecule has 1 saturated carbocycles. The van der Waals surface area contributed by atoms with Crippen LogP contribution in [-0.2, 0) is 0 Å². The Balaban J connectivity index is 2.07. The molecule has 0 radical (unpaired) electrons. The monoisotopic (exact) mass is 205 g/mol. The summed E-state index contributed by atoms with van der Waals surface area (Å²) < 4.78 is 0. The van der Waals surface area contributed by atoms with E-state index >= 15 is 0 Å². The standard InChI is InChI=1S/C12H19N3/c1-8-3-2-4-12(8)15-9-5-6-10(13)11(14)7-9/h5-8,12,15H,2-4,13-14H2,1H3. The van der Waals surface area contributed by atoms with E-state index in [-0.39, 0.29) is 0 Å². The van der Waals surface area contributed by atoms with Gasteiger partial charge in [-0.25, -0.2) is 0 Å². The van der Waals surface area contributed by atoms with Crippen molar-refractivity contribution in [2.75, 3.05) is 16.8 Å². The van der Waals surface area contributed by atoms with E-state index in [0.29, 0.717) is 17.4 Å². The summed E-state index contributed by atoms with van der Waals surface area (Å²) in [5, 5.41) is 3.52. The predicted molar refractivity (Wildman–Crippen MR) is 65.7 cm³/mol. The minimum absolute atomic E-state index is 0.591. The van der Waals surface area contributed by atoms with Crippen molar-refractivity contribution < 1.29 is 0 Å². The van der Waals surface area contributed by atoms with Crippen molar-refractivity contribution in [3.8, 4) is 0 Å². The molecular formula is C12H19N3. The molecule has 0 spiro atoms. The van der Waals surface area contributed by atoms with Gasteiger partial charge in [0.05, 0.1) is 11.4 Å². The zero-order chi connectivity index (χ0) is 10.8. The van der Waals surface area contributed by atoms with Crippen LogP contribution in [-0.4, -0.2) is 6.04 Å².